The molecule has 3 amide bonds. The van der Waals surface area contributed by atoms with Crippen molar-refractivity contribution in [2.45, 2.75) is 38.5 Å². The monoisotopic (exact) mass is 868 g/mol. The van der Waals surface area contributed by atoms with Gasteiger partial charge in [0.1, 0.15) is 0 Å². The maximum atomic E-state index is 12.9. The predicted octanol–water partition coefficient (Wildman–Crippen LogP) is 6.42. The van der Waals surface area contributed by atoms with Crippen LogP contribution in [0, 0.1) is 0 Å². The fourth-order valence-corrected chi connectivity index (χ4v) is 8.27. The maximum Gasteiger partial charge on any atom is 0.335 e. The average Bonchev–Trinajstić information content (AvgIpc) is 4.04. The summed E-state index contributed by atoms with van der Waals surface area (Å²) in [6, 6.07) is 26.3. The number of hydrogen-bond acceptors (Lipinski definition) is 9. The van der Waals surface area contributed by atoms with Gasteiger partial charge in [0, 0.05) is 70.1 Å². The van der Waals surface area contributed by atoms with E-state index in [0.717, 1.165) is 123 Å². The van der Waals surface area contributed by atoms with Crippen molar-refractivity contribution in [3.63, 3.8) is 0 Å². The Bertz CT molecular complexity index is 2120. The Morgan fingerprint density at radius 3 is 1.37 bits per heavy atom. The van der Waals surface area contributed by atoms with Crippen LogP contribution in [0.15, 0.2) is 84.9 Å². The molecule has 62 heavy (non-hydrogen) atoms. The first-order valence-corrected chi connectivity index (χ1v) is 21.3. The van der Waals surface area contributed by atoms with Gasteiger partial charge in [-0.3, -0.25) is 19.2 Å². The number of carboxylic acids is 1. The number of carbonyl (C=O) groups is 4. The van der Waals surface area contributed by atoms with E-state index in [2.05, 4.69) is 32.3 Å². The van der Waals surface area contributed by atoms with Gasteiger partial charge in [0.2, 0.25) is 0 Å². The van der Waals surface area contributed by atoms with Crippen LogP contribution in [0.5, 0.6) is 0 Å². The summed E-state index contributed by atoms with van der Waals surface area (Å²) >= 11 is 0. The van der Waals surface area contributed by atoms with Gasteiger partial charge in [0.15, 0.2) is 0 Å². The van der Waals surface area contributed by atoms with Crippen LogP contribution in [0.2, 0.25) is 0 Å². The molecule has 4 aliphatic heterocycles. The van der Waals surface area contributed by atoms with Crippen LogP contribution >= 0.6 is 12.4 Å². The van der Waals surface area contributed by atoms with Crippen LogP contribution in [0.25, 0.3) is 22.3 Å². The Morgan fingerprint density at radius 1 is 0.613 bits per heavy atom. The summed E-state index contributed by atoms with van der Waals surface area (Å²) in [5.74, 6) is -0.838. The summed E-state index contributed by atoms with van der Waals surface area (Å²) in [4.78, 5) is 67.0. The summed E-state index contributed by atoms with van der Waals surface area (Å²) in [6.07, 6.45) is 6.84. The molecule has 4 aliphatic rings. The van der Waals surface area contributed by atoms with E-state index in [-0.39, 0.29) is 35.7 Å². The largest absolute Gasteiger partial charge is 0.478 e. The molecule has 13 nitrogen and oxygen atoms in total. The van der Waals surface area contributed by atoms with Crippen LogP contribution < -0.4 is 5.48 Å². The third kappa shape index (κ3) is 12.3. The molecule has 4 aromatic carbocycles. The van der Waals surface area contributed by atoms with Crippen LogP contribution in [-0.4, -0.2) is 147 Å². The second-order valence-electron chi connectivity index (χ2n) is 15.8. The molecule has 332 valence electrons. The Balaban J connectivity index is 0.000000213. The fourth-order valence-electron chi connectivity index (χ4n) is 8.27. The van der Waals surface area contributed by atoms with Gasteiger partial charge >= 0.3 is 5.97 Å². The number of halogens is 1. The topological polar surface area (TPSA) is 135 Å². The van der Waals surface area contributed by atoms with Crippen LogP contribution in [0.1, 0.15) is 78.2 Å². The lowest BCUT2D eigenvalue weighted by Crippen LogP contribution is -2.42. The van der Waals surface area contributed by atoms with Crippen molar-refractivity contribution in [3.05, 3.63) is 118 Å². The third-order valence-electron chi connectivity index (χ3n) is 12.0. The number of nitrogens with zero attached hydrogens (tertiary/aromatic N) is 5. The van der Waals surface area contributed by atoms with Gasteiger partial charge < -0.3 is 29.5 Å². The molecule has 0 radical (unpaired) electrons. The smallest absolute Gasteiger partial charge is 0.335 e. The zero-order chi connectivity index (χ0) is 43.3. The normalized spacial score (nSPS) is 16.0. The summed E-state index contributed by atoms with van der Waals surface area (Å²) in [5.41, 5.74) is 11.2. The van der Waals surface area contributed by atoms with Crippen molar-refractivity contribution in [3.8, 4) is 22.3 Å². The fraction of sp³-hybridized carbons (Fsp3) is 0.417. The molecular weight excluding hydrogens is 808 g/mol. The number of likely N-dealkylation sites (tertiary alicyclic amines) is 2. The molecule has 0 atom stereocenters. The predicted molar refractivity (Wildman–Crippen MR) is 244 cm³/mol. The van der Waals surface area contributed by atoms with Gasteiger partial charge in [-0.05, 0) is 134 Å². The van der Waals surface area contributed by atoms with Crippen molar-refractivity contribution in [2.24, 2.45) is 0 Å². The van der Waals surface area contributed by atoms with Gasteiger partial charge in [-0.1, -0.05) is 48.5 Å². The molecule has 14 heteroatoms. The molecule has 2 fully saturated rings. The first-order valence-electron chi connectivity index (χ1n) is 21.3. The molecule has 0 unspecified atom stereocenters. The zero-order valence-corrected chi connectivity index (χ0v) is 37.3. The van der Waals surface area contributed by atoms with Gasteiger partial charge in [-0.15, -0.1) is 12.4 Å². The summed E-state index contributed by atoms with van der Waals surface area (Å²) < 4.78 is 0. The van der Waals surface area contributed by atoms with E-state index < -0.39 is 5.97 Å². The van der Waals surface area contributed by atoms with Crippen molar-refractivity contribution < 1.29 is 34.0 Å². The lowest BCUT2D eigenvalue weighted by atomic mass is 9.93. The molecule has 2 saturated heterocycles. The Hall–Kier alpha value is -5.15. The van der Waals surface area contributed by atoms with Crippen LogP contribution in [0.3, 0.4) is 0 Å². The highest BCUT2D eigenvalue weighted by Crippen LogP contribution is 2.29. The van der Waals surface area contributed by atoms with E-state index in [1.807, 2.05) is 58.3 Å². The zero-order valence-electron chi connectivity index (χ0n) is 36.4. The molecular formula is C48H61ClN6O7. The number of hydroxylamine groups is 3. The van der Waals surface area contributed by atoms with E-state index in [1.165, 1.54) is 37.9 Å². The van der Waals surface area contributed by atoms with Crippen LogP contribution in [0.4, 0.5) is 0 Å². The molecule has 0 bridgehead atoms. The van der Waals surface area contributed by atoms with E-state index in [4.69, 9.17) is 9.94 Å². The van der Waals surface area contributed by atoms with Gasteiger partial charge in [0.25, 0.3) is 17.7 Å². The van der Waals surface area contributed by atoms with E-state index in [9.17, 15) is 19.2 Å². The number of rotatable bonds is 12. The lowest BCUT2D eigenvalue weighted by molar-refractivity contribution is -0.0756. The van der Waals surface area contributed by atoms with Crippen molar-refractivity contribution in [1.29, 1.82) is 0 Å². The standard InChI is InChI=1S/C24H29N3O3.C22H24N2O3.C2H7NO.ClH/c1-25(30-2)23(28)19-7-5-18(6-8-19)20-9-10-22-21(17-20)11-14-27(24(22)29)16-15-26-12-3-4-13-26;25-21-20-8-7-18(16-3-5-17(6-4-16)22(26)27)15-19(20)9-12-24(21)14-13-23-10-1-2-11-23;1-3-4-2;/h5-10,17H,3-4,11-16H2,1-2H3;3-8,15H,1-2,9-14H2,(H,26,27);3H,1-2H3;1H. The number of nitrogens with one attached hydrogen (secondary N) is 1. The van der Waals surface area contributed by atoms with Crippen molar-refractivity contribution in [1.82, 2.24) is 30.1 Å². The van der Waals surface area contributed by atoms with E-state index in [1.54, 1.807) is 45.5 Å². The highest BCUT2D eigenvalue weighted by Gasteiger charge is 2.27. The SMILES string of the molecule is CNOC.CON(C)C(=O)c1ccc(-c2ccc3c(c2)CCN(CCN2CCCC2)C3=O)cc1.Cl.O=C(O)c1ccc(-c2ccc3c(c2)CCN(CCN2CCCC2)C3=O)cc1. The number of benzene rings is 4. The number of aromatic carboxylic acids is 1. The maximum absolute atomic E-state index is 12.9. The Labute approximate surface area is 371 Å². The Morgan fingerprint density at radius 2 is 1.00 bits per heavy atom. The van der Waals surface area contributed by atoms with Crippen molar-refractivity contribution >= 4 is 36.1 Å². The molecule has 0 aromatic heterocycles. The molecule has 4 aromatic rings. The van der Waals surface area contributed by atoms with Crippen LogP contribution in [-0.2, 0) is 22.5 Å². The van der Waals surface area contributed by atoms with E-state index in [0.29, 0.717) is 5.56 Å². The number of fused-ring (bicyclic) bond motifs is 2. The summed E-state index contributed by atoms with van der Waals surface area (Å²) in [6.45, 7) is 9.73. The summed E-state index contributed by atoms with van der Waals surface area (Å²) in [5, 5.41) is 10.2. The third-order valence-corrected chi connectivity index (χ3v) is 12.0. The first-order chi connectivity index (χ1) is 29.6. The first kappa shape index (κ1) is 47.9. The van der Waals surface area contributed by atoms with E-state index >= 15 is 0 Å². The van der Waals surface area contributed by atoms with Gasteiger partial charge in [-0.25, -0.2) is 15.3 Å². The number of amides is 3. The number of carboxylic acid groups (broad SMARTS) is 1. The number of hydrogen-bond donors (Lipinski definition) is 2. The number of carbonyl (C=O) groups excluding carboxylic acids is 3. The molecule has 4 heterocycles. The molecule has 2 N–H and O–H groups in total. The minimum Gasteiger partial charge on any atom is -0.478 e. The Kier molecular flexibility index (Phi) is 18.0. The quantitative estimate of drug-likeness (QED) is 0.154. The minimum atomic E-state index is -0.924. The molecule has 0 spiro atoms. The second-order valence-corrected chi connectivity index (χ2v) is 15.8. The van der Waals surface area contributed by atoms with Gasteiger partial charge in [-0.2, -0.15) is 0 Å². The average molecular weight is 870 g/mol. The summed E-state index contributed by atoms with van der Waals surface area (Å²) in [7, 11) is 6.33. The lowest BCUT2D eigenvalue weighted by Gasteiger charge is -2.30. The second kappa shape index (κ2) is 23.3. The molecule has 0 saturated carbocycles. The highest BCUT2D eigenvalue weighted by atomic mass is 35.5. The minimum absolute atomic E-state index is 0. The van der Waals surface area contributed by atoms with Crippen molar-refractivity contribution in [2.75, 3.05) is 93.8 Å². The molecule has 8 rings (SSSR count). The molecule has 0 aliphatic carbocycles. The highest BCUT2D eigenvalue weighted by molar-refractivity contribution is 5.98. The van der Waals surface area contributed by atoms with Gasteiger partial charge in [0.05, 0.1) is 19.8 Å².